The van der Waals surface area contributed by atoms with Crippen molar-refractivity contribution in [2.75, 3.05) is 11.5 Å². The van der Waals surface area contributed by atoms with Crippen molar-refractivity contribution in [2.24, 2.45) is 0 Å². The van der Waals surface area contributed by atoms with Crippen molar-refractivity contribution >= 4 is 23.0 Å². The number of hydrogen-bond donors (Lipinski definition) is 1. The van der Waals surface area contributed by atoms with Gasteiger partial charge < -0.3 is 19.5 Å². The second-order valence-corrected chi connectivity index (χ2v) is 8.63. The Labute approximate surface area is 206 Å². The van der Waals surface area contributed by atoms with Crippen LogP contribution in [0.5, 0.6) is 5.75 Å². The van der Waals surface area contributed by atoms with E-state index >= 15 is 0 Å². The van der Waals surface area contributed by atoms with Gasteiger partial charge in [-0.25, -0.2) is 0 Å². The zero-order chi connectivity index (χ0) is 23.5. The van der Waals surface area contributed by atoms with E-state index in [0.717, 1.165) is 34.9 Å². The monoisotopic (exact) mass is 468 g/mol. The van der Waals surface area contributed by atoms with Crippen molar-refractivity contribution in [3.63, 3.8) is 0 Å². The number of nitrogens with zero attached hydrogens (tertiary/aromatic N) is 3. The van der Waals surface area contributed by atoms with Gasteiger partial charge in [-0.15, -0.1) is 0 Å². The van der Waals surface area contributed by atoms with Gasteiger partial charge in [0.1, 0.15) is 11.8 Å². The van der Waals surface area contributed by atoms with Crippen molar-refractivity contribution in [1.29, 1.82) is 0 Å². The van der Waals surface area contributed by atoms with Gasteiger partial charge in [0.2, 0.25) is 0 Å². The van der Waals surface area contributed by atoms with E-state index in [1.165, 1.54) is 5.56 Å². The number of rotatable bonds is 7. The molecule has 0 saturated carbocycles. The Morgan fingerprint density at radius 1 is 0.912 bits per heavy atom. The summed E-state index contributed by atoms with van der Waals surface area (Å²) in [5.74, 6) is 0.868. The van der Waals surface area contributed by atoms with Crippen LogP contribution in [0.25, 0.3) is 5.69 Å². The number of nitrogens with one attached hydrogen (secondary N) is 1. The number of anilines is 1. The van der Waals surface area contributed by atoms with Crippen molar-refractivity contribution in [1.82, 2.24) is 14.9 Å². The van der Waals surface area contributed by atoms with Crippen LogP contribution in [0.1, 0.15) is 42.9 Å². The van der Waals surface area contributed by atoms with E-state index in [9.17, 15) is 0 Å². The Balaban J connectivity index is 1.60. The van der Waals surface area contributed by atoms with Crippen LogP contribution < -0.4 is 15.0 Å². The van der Waals surface area contributed by atoms with Crippen LogP contribution in [0.4, 0.5) is 5.69 Å². The van der Waals surface area contributed by atoms with Gasteiger partial charge >= 0.3 is 0 Å². The fourth-order valence-electron chi connectivity index (χ4n) is 4.57. The maximum absolute atomic E-state index is 5.88. The highest BCUT2D eigenvalue weighted by Gasteiger charge is 2.42. The highest BCUT2D eigenvalue weighted by atomic mass is 32.1. The molecular formula is C28H28N4OS. The molecule has 6 heteroatoms. The van der Waals surface area contributed by atoms with E-state index in [1.807, 2.05) is 37.4 Å². The molecule has 1 N–H and O–H groups in total. The lowest BCUT2D eigenvalue weighted by atomic mass is 10.0. The fourth-order valence-corrected chi connectivity index (χ4v) is 4.91. The molecule has 5 nitrogen and oxygen atoms in total. The van der Waals surface area contributed by atoms with E-state index in [4.69, 9.17) is 17.0 Å². The molecule has 172 valence electrons. The number of aromatic nitrogens is 2. The van der Waals surface area contributed by atoms with Crippen LogP contribution in [-0.2, 0) is 6.42 Å². The lowest BCUT2D eigenvalue weighted by molar-refractivity contribution is 0.340. The minimum Gasteiger partial charge on any atom is -0.494 e. The molecule has 1 aliphatic rings. The van der Waals surface area contributed by atoms with Crippen LogP contribution in [0.15, 0.2) is 91.3 Å². The van der Waals surface area contributed by atoms with Crippen LogP contribution in [0, 0.1) is 0 Å². The number of benzene rings is 2. The molecule has 0 aliphatic carbocycles. The van der Waals surface area contributed by atoms with Gasteiger partial charge in [-0.2, -0.15) is 0 Å². The van der Waals surface area contributed by atoms with E-state index < -0.39 is 0 Å². The third-order valence-corrected chi connectivity index (χ3v) is 6.54. The summed E-state index contributed by atoms with van der Waals surface area (Å²) in [4.78, 5) is 6.89. The van der Waals surface area contributed by atoms with Gasteiger partial charge in [0.15, 0.2) is 5.11 Å². The predicted octanol–water partition coefficient (Wildman–Crippen LogP) is 6.01. The minimum absolute atomic E-state index is 0.0727. The average molecular weight is 469 g/mol. The molecule has 2 aromatic carbocycles. The first kappa shape index (κ1) is 22.2. The molecule has 0 amide bonds. The molecule has 4 aromatic rings. The SMILES string of the molecule is CCOc1ccc(-n2cccc2[C@H]2[C@H](c3ccccn3)NC(=S)N2c2ccc(CC)cc2)cc1. The third-order valence-electron chi connectivity index (χ3n) is 6.23. The third kappa shape index (κ3) is 4.17. The molecular weight excluding hydrogens is 440 g/mol. The van der Waals surface area contributed by atoms with Gasteiger partial charge in [0.25, 0.3) is 0 Å². The Bertz CT molecular complexity index is 1250. The first-order valence-electron chi connectivity index (χ1n) is 11.7. The van der Waals surface area contributed by atoms with E-state index in [0.29, 0.717) is 11.7 Å². The molecule has 0 unspecified atom stereocenters. The molecule has 0 radical (unpaired) electrons. The molecule has 1 aliphatic heterocycles. The molecule has 0 spiro atoms. The Hall–Kier alpha value is -3.64. The lowest BCUT2D eigenvalue weighted by Crippen LogP contribution is -2.30. The zero-order valence-electron chi connectivity index (χ0n) is 19.4. The highest BCUT2D eigenvalue weighted by Crippen LogP contribution is 2.42. The quantitative estimate of drug-likeness (QED) is 0.337. The largest absolute Gasteiger partial charge is 0.494 e. The molecule has 34 heavy (non-hydrogen) atoms. The van der Waals surface area contributed by atoms with Crippen LogP contribution >= 0.6 is 12.2 Å². The van der Waals surface area contributed by atoms with Gasteiger partial charge in [0, 0.05) is 29.5 Å². The molecule has 3 heterocycles. The fraction of sp³-hybridized carbons (Fsp3) is 0.214. The number of ether oxygens (including phenoxy) is 1. The summed E-state index contributed by atoms with van der Waals surface area (Å²) in [5.41, 5.74) is 5.53. The summed E-state index contributed by atoms with van der Waals surface area (Å²) in [5, 5.41) is 4.25. The highest BCUT2D eigenvalue weighted by molar-refractivity contribution is 7.80. The first-order chi connectivity index (χ1) is 16.7. The summed E-state index contributed by atoms with van der Waals surface area (Å²) in [6, 6.07) is 27.0. The molecule has 5 rings (SSSR count). The van der Waals surface area contributed by atoms with E-state index in [2.05, 4.69) is 87.5 Å². The normalized spacial score (nSPS) is 17.6. The average Bonchev–Trinajstić information content (AvgIpc) is 3.49. The lowest BCUT2D eigenvalue weighted by Gasteiger charge is -2.29. The molecule has 1 saturated heterocycles. The summed E-state index contributed by atoms with van der Waals surface area (Å²) in [6.45, 7) is 4.81. The Kier molecular flexibility index (Phi) is 6.32. The van der Waals surface area contributed by atoms with Gasteiger partial charge in [-0.3, -0.25) is 4.98 Å². The van der Waals surface area contributed by atoms with Gasteiger partial charge in [-0.05, 0) is 91.8 Å². The Morgan fingerprint density at radius 2 is 1.68 bits per heavy atom. The van der Waals surface area contributed by atoms with Crippen molar-refractivity contribution in [2.45, 2.75) is 32.4 Å². The summed E-state index contributed by atoms with van der Waals surface area (Å²) in [7, 11) is 0. The standard InChI is InChI=1S/C28H28N4OS/c1-3-20-10-12-22(13-11-20)32-27(26(30-28(32)34)24-8-5-6-18-29-24)25-9-7-19-31(25)21-14-16-23(17-15-21)33-4-2/h5-19,26-27H,3-4H2,1-2H3,(H,30,34)/t26-,27-/m0/s1. The minimum atomic E-state index is -0.0871. The smallest absolute Gasteiger partial charge is 0.174 e. The topological polar surface area (TPSA) is 42.3 Å². The second kappa shape index (κ2) is 9.69. The summed E-state index contributed by atoms with van der Waals surface area (Å²) >= 11 is 5.88. The second-order valence-electron chi connectivity index (χ2n) is 8.25. The van der Waals surface area contributed by atoms with Crippen LogP contribution in [0.3, 0.4) is 0 Å². The maximum Gasteiger partial charge on any atom is 0.174 e. The number of aryl methyl sites for hydroxylation is 1. The molecule has 2 atom stereocenters. The van der Waals surface area contributed by atoms with Crippen molar-refractivity contribution < 1.29 is 4.74 Å². The Morgan fingerprint density at radius 3 is 2.35 bits per heavy atom. The maximum atomic E-state index is 5.88. The van der Waals surface area contributed by atoms with Crippen molar-refractivity contribution in [3.8, 4) is 11.4 Å². The number of hydrogen-bond acceptors (Lipinski definition) is 3. The molecule has 1 fully saturated rings. The zero-order valence-corrected chi connectivity index (χ0v) is 20.2. The number of thiocarbonyl (C=S) groups is 1. The first-order valence-corrected chi connectivity index (χ1v) is 12.1. The number of pyridine rings is 1. The predicted molar refractivity (Wildman–Crippen MR) is 141 cm³/mol. The van der Waals surface area contributed by atoms with Crippen molar-refractivity contribution in [3.05, 3.63) is 108 Å². The van der Waals surface area contributed by atoms with Crippen LogP contribution in [-0.4, -0.2) is 21.3 Å². The molecule has 0 bridgehead atoms. The van der Waals surface area contributed by atoms with Crippen LogP contribution in [0.2, 0.25) is 0 Å². The summed E-state index contributed by atoms with van der Waals surface area (Å²) < 4.78 is 7.86. The molecule has 2 aromatic heterocycles. The van der Waals surface area contributed by atoms with E-state index in [-0.39, 0.29) is 12.1 Å². The van der Waals surface area contributed by atoms with Gasteiger partial charge in [-0.1, -0.05) is 25.1 Å². The summed E-state index contributed by atoms with van der Waals surface area (Å²) in [6.07, 6.45) is 4.94. The van der Waals surface area contributed by atoms with Gasteiger partial charge in [0.05, 0.1) is 18.3 Å². The van der Waals surface area contributed by atoms with E-state index in [1.54, 1.807) is 0 Å².